The molecule has 21 heavy (non-hydrogen) atoms. The van der Waals surface area contributed by atoms with Crippen molar-refractivity contribution in [2.75, 3.05) is 5.75 Å². The topological polar surface area (TPSA) is 17.8 Å². The highest BCUT2D eigenvalue weighted by Crippen LogP contribution is 2.40. The van der Waals surface area contributed by atoms with Crippen LogP contribution in [0.3, 0.4) is 0 Å². The number of alkyl halides is 1. The van der Waals surface area contributed by atoms with Gasteiger partial charge in [0.1, 0.15) is 5.82 Å². The molecule has 1 aliphatic rings. The van der Waals surface area contributed by atoms with Crippen LogP contribution in [0.2, 0.25) is 10.0 Å². The zero-order valence-electron chi connectivity index (χ0n) is 11.8. The van der Waals surface area contributed by atoms with E-state index >= 15 is 0 Å². The number of thioether (sulfide) groups is 1. The van der Waals surface area contributed by atoms with Crippen molar-refractivity contribution in [3.05, 3.63) is 28.0 Å². The van der Waals surface area contributed by atoms with Gasteiger partial charge in [-0.05, 0) is 37.1 Å². The number of nitrogens with zero attached hydrogens (tertiary/aromatic N) is 2. The fraction of sp³-hybridized carbons (Fsp3) is 0.533. The Hall–Kier alpha value is -0.0900. The third kappa shape index (κ3) is 3.03. The molecule has 6 heteroatoms. The minimum atomic E-state index is 0.409. The van der Waals surface area contributed by atoms with E-state index in [0.29, 0.717) is 22.0 Å². The predicted molar refractivity (Wildman–Crippen MR) is 94.1 cm³/mol. The average molecular weight is 364 g/mol. The molecule has 0 N–H and O–H groups in total. The summed E-state index contributed by atoms with van der Waals surface area (Å²) in [7, 11) is 0. The Morgan fingerprint density at radius 1 is 1.29 bits per heavy atom. The summed E-state index contributed by atoms with van der Waals surface area (Å²) in [5.74, 6) is 2.50. The largest absolute Gasteiger partial charge is 0.324 e. The molecule has 0 spiro atoms. The Morgan fingerprint density at radius 3 is 2.76 bits per heavy atom. The van der Waals surface area contributed by atoms with E-state index < -0.39 is 0 Å². The summed E-state index contributed by atoms with van der Waals surface area (Å²) >= 11 is 20.4. The summed E-state index contributed by atoms with van der Waals surface area (Å²) in [4.78, 5) is 4.63. The number of imidazole rings is 1. The Morgan fingerprint density at radius 2 is 2.05 bits per heavy atom. The lowest BCUT2D eigenvalue weighted by molar-refractivity contribution is 0.519. The van der Waals surface area contributed by atoms with Crippen LogP contribution in [-0.2, 0) is 5.88 Å². The molecule has 2 aromatic rings. The third-order valence-electron chi connectivity index (χ3n) is 4.05. The van der Waals surface area contributed by atoms with Crippen molar-refractivity contribution in [2.45, 2.75) is 43.4 Å². The van der Waals surface area contributed by atoms with Gasteiger partial charge in [-0.2, -0.15) is 11.8 Å². The molecular formula is C15H17Cl3N2S. The smallest absolute Gasteiger partial charge is 0.125 e. The summed E-state index contributed by atoms with van der Waals surface area (Å²) in [5, 5.41) is 1.85. The predicted octanol–water partition coefficient (Wildman–Crippen LogP) is 5.93. The van der Waals surface area contributed by atoms with Crippen molar-refractivity contribution in [2.24, 2.45) is 0 Å². The average Bonchev–Trinajstić information content (AvgIpc) is 3.04. The van der Waals surface area contributed by atoms with Crippen molar-refractivity contribution in [3.63, 3.8) is 0 Å². The zero-order valence-corrected chi connectivity index (χ0v) is 14.9. The van der Waals surface area contributed by atoms with Crippen molar-refractivity contribution < 1.29 is 0 Å². The number of rotatable bonds is 4. The maximum atomic E-state index is 6.19. The quantitative estimate of drug-likeness (QED) is 0.627. The van der Waals surface area contributed by atoms with E-state index in [9.17, 15) is 0 Å². The molecule has 0 aliphatic heterocycles. The molecular weight excluding hydrogens is 347 g/mol. The normalized spacial score (nSPS) is 22.3. The Bertz CT molecular complexity index is 656. The first-order valence-corrected chi connectivity index (χ1v) is 9.51. The van der Waals surface area contributed by atoms with Crippen molar-refractivity contribution in [3.8, 4) is 0 Å². The number of benzene rings is 1. The summed E-state index contributed by atoms with van der Waals surface area (Å²) < 4.78 is 2.28. The van der Waals surface area contributed by atoms with E-state index in [-0.39, 0.29) is 0 Å². The van der Waals surface area contributed by atoms with Crippen LogP contribution in [0, 0.1) is 0 Å². The summed E-state index contributed by atoms with van der Waals surface area (Å²) in [6, 6.07) is 4.21. The highest BCUT2D eigenvalue weighted by atomic mass is 35.5. The van der Waals surface area contributed by atoms with Crippen molar-refractivity contribution in [1.29, 1.82) is 0 Å². The molecule has 2 nitrogen and oxygen atoms in total. The molecule has 0 amide bonds. The molecule has 1 aromatic carbocycles. The van der Waals surface area contributed by atoms with Crippen LogP contribution in [0.15, 0.2) is 12.1 Å². The first-order chi connectivity index (χ1) is 10.1. The zero-order chi connectivity index (χ0) is 15.0. The second-order valence-corrected chi connectivity index (χ2v) is 7.99. The van der Waals surface area contributed by atoms with Crippen molar-refractivity contribution >= 4 is 57.6 Å². The van der Waals surface area contributed by atoms with Crippen LogP contribution in [0.5, 0.6) is 0 Å². The van der Waals surface area contributed by atoms with E-state index in [2.05, 4.69) is 28.2 Å². The van der Waals surface area contributed by atoms with Crippen molar-refractivity contribution in [1.82, 2.24) is 9.55 Å². The van der Waals surface area contributed by atoms with Crippen LogP contribution in [0.25, 0.3) is 11.0 Å². The van der Waals surface area contributed by atoms with Gasteiger partial charge in [0.2, 0.25) is 0 Å². The van der Waals surface area contributed by atoms with Gasteiger partial charge in [0.25, 0.3) is 0 Å². The number of hydrogen-bond acceptors (Lipinski definition) is 2. The van der Waals surface area contributed by atoms with Crippen LogP contribution >= 0.6 is 46.6 Å². The van der Waals surface area contributed by atoms with E-state index in [0.717, 1.165) is 22.1 Å². The summed E-state index contributed by atoms with van der Waals surface area (Å²) in [5.41, 5.74) is 1.93. The Labute approximate surface area is 144 Å². The number of hydrogen-bond donors (Lipinski definition) is 0. The van der Waals surface area contributed by atoms with E-state index in [1.54, 1.807) is 0 Å². The van der Waals surface area contributed by atoms with Gasteiger partial charge < -0.3 is 4.57 Å². The summed E-state index contributed by atoms with van der Waals surface area (Å²) in [6.45, 7) is 2.22. The molecule has 1 aromatic heterocycles. The Balaban J connectivity index is 2.02. The standard InChI is InChI=1S/C15H17Cl3N2S/c1-2-21-10-4-3-9(5-10)20-14-7-12(18)11(17)6-13(14)19-15(20)8-16/h6-7,9-10H,2-5,8H2,1H3. The van der Waals surface area contributed by atoms with Crippen LogP contribution < -0.4 is 0 Å². The Kier molecular flexibility index (Phi) is 4.94. The fourth-order valence-electron chi connectivity index (χ4n) is 3.18. The maximum Gasteiger partial charge on any atom is 0.125 e. The first-order valence-electron chi connectivity index (χ1n) is 7.17. The molecule has 0 saturated heterocycles. The van der Waals surface area contributed by atoms with E-state index in [1.807, 2.05) is 12.1 Å². The van der Waals surface area contributed by atoms with Gasteiger partial charge in [-0.15, -0.1) is 11.6 Å². The molecule has 2 atom stereocenters. The molecule has 1 aliphatic carbocycles. The van der Waals surface area contributed by atoms with Gasteiger partial charge >= 0.3 is 0 Å². The number of fused-ring (bicyclic) bond motifs is 1. The SMILES string of the molecule is CCSC1CCC(n2c(CCl)nc3cc(Cl)c(Cl)cc32)C1. The van der Waals surface area contributed by atoms with E-state index in [4.69, 9.17) is 34.8 Å². The minimum Gasteiger partial charge on any atom is -0.324 e. The van der Waals surface area contributed by atoms with Gasteiger partial charge in [-0.25, -0.2) is 4.98 Å². The van der Waals surface area contributed by atoms with Gasteiger partial charge in [-0.1, -0.05) is 30.1 Å². The van der Waals surface area contributed by atoms with Gasteiger partial charge in [-0.3, -0.25) is 0 Å². The van der Waals surface area contributed by atoms with Gasteiger partial charge in [0.15, 0.2) is 0 Å². The second-order valence-electron chi connectivity index (χ2n) is 5.33. The van der Waals surface area contributed by atoms with Gasteiger partial charge in [0, 0.05) is 11.3 Å². The second kappa shape index (κ2) is 6.57. The monoisotopic (exact) mass is 362 g/mol. The number of halogens is 3. The molecule has 3 rings (SSSR count). The molecule has 1 heterocycles. The molecule has 2 unspecified atom stereocenters. The lowest BCUT2D eigenvalue weighted by Gasteiger charge is -2.16. The highest BCUT2D eigenvalue weighted by Gasteiger charge is 2.28. The summed E-state index contributed by atoms with van der Waals surface area (Å²) in [6.07, 6.45) is 3.60. The van der Waals surface area contributed by atoms with Crippen LogP contribution in [0.4, 0.5) is 0 Å². The molecule has 0 bridgehead atoms. The first kappa shape index (κ1) is 15.8. The van der Waals surface area contributed by atoms with Crippen LogP contribution in [0.1, 0.15) is 38.1 Å². The molecule has 1 saturated carbocycles. The third-order valence-corrected chi connectivity index (χ3v) is 6.24. The fourth-order valence-corrected chi connectivity index (χ4v) is 4.82. The minimum absolute atomic E-state index is 0.409. The van der Waals surface area contributed by atoms with Gasteiger partial charge in [0.05, 0.1) is 27.0 Å². The lowest BCUT2D eigenvalue weighted by Crippen LogP contribution is -2.09. The molecule has 114 valence electrons. The molecule has 1 fully saturated rings. The van der Waals surface area contributed by atoms with Crippen LogP contribution in [-0.4, -0.2) is 20.6 Å². The lowest BCUT2D eigenvalue weighted by atomic mass is 10.2. The maximum absolute atomic E-state index is 6.19. The molecule has 0 radical (unpaired) electrons. The highest BCUT2D eigenvalue weighted by molar-refractivity contribution is 7.99. The van der Waals surface area contributed by atoms with E-state index in [1.165, 1.54) is 25.0 Å². The number of aromatic nitrogens is 2.